The maximum absolute atomic E-state index is 12.2. The zero-order valence-corrected chi connectivity index (χ0v) is 9.23. The van der Waals surface area contributed by atoms with Crippen molar-refractivity contribution in [1.29, 1.82) is 0 Å². The summed E-state index contributed by atoms with van der Waals surface area (Å²) in [4.78, 5) is 13.4. The van der Waals surface area contributed by atoms with Gasteiger partial charge in [0.15, 0.2) is 0 Å². The number of aryl methyl sites for hydroxylation is 1. The molecule has 1 aromatic rings. The molecule has 0 saturated carbocycles. The van der Waals surface area contributed by atoms with Gasteiger partial charge in [0.2, 0.25) is 11.8 Å². The Balaban J connectivity index is 1.82. The minimum atomic E-state index is -2.76. The minimum absolute atomic E-state index is 0.0132. The predicted octanol–water partition coefficient (Wildman–Crippen LogP) is 1.56. The van der Waals surface area contributed by atoms with Crippen LogP contribution in [0, 0.1) is 0 Å². The zero-order valence-electron chi connectivity index (χ0n) is 9.23. The van der Waals surface area contributed by atoms with Gasteiger partial charge in [-0.1, -0.05) is 0 Å². The molecule has 0 aliphatic carbocycles. The quantitative estimate of drug-likeness (QED) is 0.807. The van der Waals surface area contributed by atoms with Gasteiger partial charge in [0.1, 0.15) is 0 Å². The maximum atomic E-state index is 12.2. The molecule has 1 aromatic heterocycles. The molecule has 0 spiro atoms. The van der Waals surface area contributed by atoms with Crippen LogP contribution in [-0.2, 0) is 11.2 Å². The van der Waals surface area contributed by atoms with E-state index in [2.05, 4.69) is 10.2 Å². The lowest BCUT2D eigenvalue weighted by molar-refractivity contribution is -0.130. The van der Waals surface area contributed by atoms with Crippen LogP contribution in [0.25, 0.3) is 0 Å². The number of carbonyl (C=O) groups excluding carboxylic acids is 1. The first kappa shape index (κ1) is 11.9. The molecule has 1 aliphatic rings. The monoisotopic (exact) mass is 245 g/mol. The highest BCUT2D eigenvalue weighted by atomic mass is 19.3. The van der Waals surface area contributed by atoms with E-state index < -0.39 is 12.3 Å². The molecule has 2 heterocycles. The van der Waals surface area contributed by atoms with E-state index in [0.717, 1.165) is 25.9 Å². The standard InChI is InChI=1S/C10H13F2N3O2/c11-9(12)10-14-13-7(17-10)3-4-8(16)15-5-1-2-6-15/h9H,1-6H2. The molecule has 1 fully saturated rings. The van der Waals surface area contributed by atoms with Crippen LogP contribution < -0.4 is 0 Å². The summed E-state index contributed by atoms with van der Waals surface area (Å²) in [6.45, 7) is 1.57. The van der Waals surface area contributed by atoms with Crippen LogP contribution in [0.4, 0.5) is 8.78 Å². The number of carbonyl (C=O) groups is 1. The number of alkyl halides is 2. The van der Waals surface area contributed by atoms with Crippen LogP contribution in [0.5, 0.6) is 0 Å². The topological polar surface area (TPSA) is 59.2 Å². The van der Waals surface area contributed by atoms with Gasteiger partial charge in [-0.15, -0.1) is 10.2 Å². The second-order valence-electron chi connectivity index (χ2n) is 3.92. The highest BCUT2D eigenvalue weighted by molar-refractivity contribution is 5.76. The first-order chi connectivity index (χ1) is 8.16. The number of likely N-dealkylation sites (tertiary alicyclic amines) is 1. The van der Waals surface area contributed by atoms with Gasteiger partial charge in [0.05, 0.1) is 0 Å². The lowest BCUT2D eigenvalue weighted by Crippen LogP contribution is -2.27. The van der Waals surface area contributed by atoms with Gasteiger partial charge in [0, 0.05) is 25.9 Å². The Morgan fingerprint density at radius 3 is 2.65 bits per heavy atom. The summed E-state index contributed by atoms with van der Waals surface area (Å²) in [5.41, 5.74) is 0. The number of nitrogens with zero attached hydrogens (tertiary/aromatic N) is 3. The molecule has 0 N–H and O–H groups in total. The lowest BCUT2D eigenvalue weighted by atomic mass is 10.3. The van der Waals surface area contributed by atoms with Crippen molar-refractivity contribution in [3.63, 3.8) is 0 Å². The van der Waals surface area contributed by atoms with Crippen molar-refractivity contribution in [2.24, 2.45) is 0 Å². The fraction of sp³-hybridized carbons (Fsp3) is 0.700. The van der Waals surface area contributed by atoms with Crippen LogP contribution in [-0.4, -0.2) is 34.1 Å². The van der Waals surface area contributed by atoms with Crippen molar-refractivity contribution in [3.05, 3.63) is 11.8 Å². The first-order valence-electron chi connectivity index (χ1n) is 5.55. The molecular weight excluding hydrogens is 232 g/mol. The van der Waals surface area contributed by atoms with E-state index in [9.17, 15) is 13.6 Å². The molecule has 0 radical (unpaired) electrons. The molecule has 1 aliphatic heterocycles. The summed E-state index contributed by atoms with van der Waals surface area (Å²) < 4.78 is 29.0. The summed E-state index contributed by atoms with van der Waals surface area (Å²) in [5.74, 6) is -0.583. The second-order valence-corrected chi connectivity index (χ2v) is 3.92. The molecule has 1 amide bonds. The van der Waals surface area contributed by atoms with Gasteiger partial charge >= 0.3 is 6.43 Å². The van der Waals surface area contributed by atoms with Crippen molar-refractivity contribution < 1.29 is 18.0 Å². The number of hydrogen-bond donors (Lipinski definition) is 0. The molecule has 5 nitrogen and oxygen atoms in total. The molecule has 0 aromatic carbocycles. The molecule has 0 unspecified atom stereocenters. The number of halogens is 2. The van der Waals surface area contributed by atoms with Crippen molar-refractivity contribution in [3.8, 4) is 0 Å². The third kappa shape index (κ3) is 2.98. The first-order valence-corrected chi connectivity index (χ1v) is 5.55. The van der Waals surface area contributed by atoms with E-state index in [4.69, 9.17) is 4.42 Å². The summed E-state index contributed by atoms with van der Waals surface area (Å²) in [6.07, 6.45) is -0.255. The molecule has 17 heavy (non-hydrogen) atoms. The average molecular weight is 245 g/mol. The van der Waals surface area contributed by atoms with Crippen LogP contribution in [0.2, 0.25) is 0 Å². The molecule has 0 bridgehead atoms. The molecule has 0 atom stereocenters. The van der Waals surface area contributed by atoms with Crippen molar-refractivity contribution in [1.82, 2.24) is 15.1 Å². The molecular formula is C10H13F2N3O2. The highest BCUT2D eigenvalue weighted by Gasteiger charge is 2.20. The van der Waals surface area contributed by atoms with Crippen molar-refractivity contribution >= 4 is 5.91 Å². The summed E-state index contributed by atoms with van der Waals surface area (Å²) in [6, 6.07) is 0. The Bertz CT molecular complexity index is 389. The summed E-state index contributed by atoms with van der Waals surface area (Å²) in [7, 11) is 0. The van der Waals surface area contributed by atoms with Gasteiger partial charge < -0.3 is 9.32 Å². The number of hydrogen-bond acceptors (Lipinski definition) is 4. The van der Waals surface area contributed by atoms with Gasteiger partial charge in [0.25, 0.3) is 5.89 Å². The van der Waals surface area contributed by atoms with E-state index in [-0.39, 0.29) is 24.6 Å². The van der Waals surface area contributed by atoms with Crippen LogP contribution in [0.1, 0.15) is 37.5 Å². The number of aromatic nitrogens is 2. The maximum Gasteiger partial charge on any atom is 0.314 e. The van der Waals surface area contributed by atoms with E-state index in [1.165, 1.54) is 0 Å². The highest BCUT2D eigenvalue weighted by Crippen LogP contribution is 2.17. The number of rotatable bonds is 4. The smallest absolute Gasteiger partial charge is 0.314 e. The summed E-state index contributed by atoms with van der Waals surface area (Å²) >= 11 is 0. The molecule has 2 rings (SSSR count). The van der Waals surface area contributed by atoms with Crippen LogP contribution >= 0.6 is 0 Å². The largest absolute Gasteiger partial charge is 0.420 e. The van der Waals surface area contributed by atoms with Gasteiger partial charge in [-0.2, -0.15) is 8.78 Å². The minimum Gasteiger partial charge on any atom is -0.420 e. The third-order valence-corrected chi connectivity index (χ3v) is 2.68. The Morgan fingerprint density at radius 2 is 2.06 bits per heavy atom. The molecule has 1 saturated heterocycles. The average Bonchev–Trinajstić information content (AvgIpc) is 2.97. The van der Waals surface area contributed by atoms with Gasteiger partial charge in [-0.25, -0.2) is 0 Å². The molecule has 7 heteroatoms. The van der Waals surface area contributed by atoms with E-state index >= 15 is 0 Å². The van der Waals surface area contributed by atoms with Gasteiger partial charge in [-0.3, -0.25) is 4.79 Å². The van der Waals surface area contributed by atoms with Gasteiger partial charge in [-0.05, 0) is 12.8 Å². The predicted molar refractivity (Wildman–Crippen MR) is 53.4 cm³/mol. The Labute approximate surface area is 96.8 Å². The Hall–Kier alpha value is -1.53. The Kier molecular flexibility index (Phi) is 3.65. The second kappa shape index (κ2) is 5.20. The van der Waals surface area contributed by atoms with Crippen LogP contribution in [0.3, 0.4) is 0 Å². The summed E-state index contributed by atoms with van der Waals surface area (Å²) in [5, 5.41) is 6.67. The van der Waals surface area contributed by atoms with Crippen LogP contribution in [0.15, 0.2) is 4.42 Å². The number of amides is 1. The van der Waals surface area contributed by atoms with E-state index in [0.29, 0.717) is 0 Å². The SMILES string of the molecule is O=C(CCc1nnc(C(F)F)o1)N1CCCC1. The third-order valence-electron chi connectivity index (χ3n) is 2.68. The van der Waals surface area contributed by atoms with E-state index in [1.807, 2.05) is 0 Å². The lowest BCUT2D eigenvalue weighted by Gasteiger charge is -2.13. The Morgan fingerprint density at radius 1 is 1.35 bits per heavy atom. The normalized spacial score (nSPS) is 15.8. The van der Waals surface area contributed by atoms with Crippen molar-refractivity contribution in [2.75, 3.05) is 13.1 Å². The molecule has 94 valence electrons. The fourth-order valence-corrected chi connectivity index (χ4v) is 1.79. The fourth-order valence-electron chi connectivity index (χ4n) is 1.79. The van der Waals surface area contributed by atoms with E-state index in [1.54, 1.807) is 4.90 Å². The zero-order chi connectivity index (χ0) is 12.3. The van der Waals surface area contributed by atoms with Crippen molar-refractivity contribution in [2.45, 2.75) is 32.1 Å².